The smallest absolute Gasteiger partial charge is 0.256 e. The third kappa shape index (κ3) is 4.65. The fourth-order valence-electron chi connectivity index (χ4n) is 4.13. The molecule has 8 nitrogen and oxygen atoms in total. The van der Waals surface area contributed by atoms with E-state index in [9.17, 15) is 13.2 Å². The largest absolute Gasteiger partial charge is 0.495 e. The van der Waals surface area contributed by atoms with Crippen LogP contribution in [0.25, 0.3) is 5.69 Å². The molecule has 0 spiro atoms. The molecule has 1 saturated heterocycles. The van der Waals surface area contributed by atoms with Gasteiger partial charge in [-0.3, -0.25) is 4.79 Å². The lowest BCUT2D eigenvalue weighted by Crippen LogP contribution is -2.28. The van der Waals surface area contributed by atoms with Crippen LogP contribution in [-0.2, 0) is 10.0 Å². The monoisotopic (exact) mass is 468 g/mol. The number of nitrogens with zero attached hydrogens (tertiary/aromatic N) is 3. The third-order valence-electron chi connectivity index (χ3n) is 5.63. The molecule has 0 unspecified atom stereocenters. The second-order valence-electron chi connectivity index (χ2n) is 8.36. The van der Waals surface area contributed by atoms with Crippen molar-refractivity contribution in [1.82, 2.24) is 14.1 Å². The van der Waals surface area contributed by atoms with E-state index in [1.54, 1.807) is 16.8 Å². The van der Waals surface area contributed by atoms with Gasteiger partial charge in [-0.25, -0.2) is 13.1 Å². The van der Waals surface area contributed by atoms with E-state index in [2.05, 4.69) is 16.5 Å². The topological polar surface area (TPSA) is 93.5 Å². The van der Waals surface area contributed by atoms with Crippen LogP contribution in [0.3, 0.4) is 0 Å². The van der Waals surface area contributed by atoms with Crippen molar-refractivity contribution in [3.05, 3.63) is 64.8 Å². The van der Waals surface area contributed by atoms with Gasteiger partial charge in [0.05, 0.1) is 18.5 Å². The van der Waals surface area contributed by atoms with Crippen LogP contribution in [0.5, 0.6) is 5.75 Å². The van der Waals surface area contributed by atoms with E-state index in [0.29, 0.717) is 18.9 Å². The van der Waals surface area contributed by atoms with E-state index in [4.69, 9.17) is 4.74 Å². The lowest BCUT2D eigenvalue weighted by atomic mass is 10.1. The maximum absolute atomic E-state index is 13.2. The quantitative estimate of drug-likeness (QED) is 0.593. The van der Waals surface area contributed by atoms with Gasteiger partial charge in [0.2, 0.25) is 10.0 Å². The zero-order valence-electron chi connectivity index (χ0n) is 19.3. The average Bonchev–Trinajstić information content (AvgIpc) is 3.43. The third-order valence-corrected chi connectivity index (χ3v) is 7.55. The number of methoxy groups -OCH3 is 1. The van der Waals surface area contributed by atoms with E-state index < -0.39 is 15.9 Å². The highest BCUT2D eigenvalue weighted by Gasteiger charge is 2.30. The Hall–Kier alpha value is -3.17. The first-order valence-corrected chi connectivity index (χ1v) is 12.3. The molecule has 2 heterocycles. The number of benzene rings is 2. The van der Waals surface area contributed by atoms with Gasteiger partial charge in [-0.2, -0.15) is 9.40 Å². The Labute approximate surface area is 194 Å². The summed E-state index contributed by atoms with van der Waals surface area (Å²) in [6.07, 6.45) is 1.65. The van der Waals surface area contributed by atoms with Gasteiger partial charge in [0, 0.05) is 24.7 Å². The summed E-state index contributed by atoms with van der Waals surface area (Å²) >= 11 is 0. The summed E-state index contributed by atoms with van der Waals surface area (Å²) in [5.74, 6) is 0.290. The minimum absolute atomic E-state index is 0.00135. The number of hydrogen-bond acceptors (Lipinski definition) is 5. The molecule has 1 amide bonds. The fraction of sp³-hybridized carbons (Fsp3) is 0.333. The molecule has 174 valence electrons. The van der Waals surface area contributed by atoms with E-state index >= 15 is 0 Å². The number of anilines is 1. The number of amides is 1. The van der Waals surface area contributed by atoms with E-state index in [1.165, 1.54) is 23.5 Å². The highest BCUT2D eigenvalue weighted by Crippen LogP contribution is 2.30. The molecule has 1 N–H and O–H groups in total. The molecule has 9 heteroatoms. The van der Waals surface area contributed by atoms with Crippen molar-refractivity contribution in [2.45, 2.75) is 38.5 Å². The molecular weight excluding hydrogens is 440 g/mol. The standard InChI is InChI=1S/C24H28N4O4S/c1-16-11-17(2)13-20(12-16)28-23(14-18(3)26-28)25-24(29)19-7-8-21(32-4)22(15-19)33(30,31)27-9-5-6-10-27/h7-8,11-15H,5-6,9-10H2,1-4H3,(H,25,29). The predicted octanol–water partition coefficient (Wildman–Crippen LogP) is 3.84. The lowest BCUT2D eigenvalue weighted by molar-refractivity contribution is 0.102. The van der Waals surface area contributed by atoms with Crippen molar-refractivity contribution in [3.8, 4) is 11.4 Å². The van der Waals surface area contributed by atoms with Crippen LogP contribution in [-0.4, -0.2) is 48.6 Å². The van der Waals surface area contributed by atoms with E-state index in [-0.39, 0.29) is 16.2 Å². The van der Waals surface area contributed by atoms with Crippen molar-refractivity contribution in [2.75, 3.05) is 25.5 Å². The summed E-state index contributed by atoms with van der Waals surface area (Å²) in [4.78, 5) is 13.1. The maximum Gasteiger partial charge on any atom is 0.256 e. The van der Waals surface area contributed by atoms with Crippen LogP contribution in [0.1, 0.15) is 40.0 Å². The summed E-state index contributed by atoms with van der Waals surface area (Å²) in [7, 11) is -2.34. The average molecular weight is 469 g/mol. The Morgan fingerprint density at radius 1 is 1.00 bits per heavy atom. The van der Waals surface area contributed by atoms with Gasteiger partial charge >= 0.3 is 0 Å². The first-order valence-electron chi connectivity index (χ1n) is 10.8. The molecule has 4 rings (SSSR count). The number of aromatic nitrogens is 2. The number of carbonyl (C=O) groups excluding carboxylic acids is 1. The molecule has 33 heavy (non-hydrogen) atoms. The van der Waals surface area contributed by atoms with Crippen LogP contribution in [0.15, 0.2) is 47.4 Å². The zero-order chi connectivity index (χ0) is 23.8. The maximum atomic E-state index is 13.2. The van der Waals surface area contributed by atoms with Gasteiger partial charge in [0.1, 0.15) is 16.5 Å². The Bertz CT molecular complexity index is 1290. The second-order valence-corrected chi connectivity index (χ2v) is 10.3. The Morgan fingerprint density at radius 2 is 1.67 bits per heavy atom. The lowest BCUT2D eigenvalue weighted by Gasteiger charge is -2.18. The fourth-order valence-corrected chi connectivity index (χ4v) is 5.83. The molecular formula is C24H28N4O4S. The molecule has 1 aromatic heterocycles. The SMILES string of the molecule is COc1ccc(C(=O)Nc2cc(C)nn2-c2cc(C)cc(C)c2)cc1S(=O)(=O)N1CCCC1. The van der Waals surface area contributed by atoms with Crippen LogP contribution < -0.4 is 10.1 Å². The summed E-state index contributed by atoms with van der Waals surface area (Å²) in [5, 5.41) is 7.41. The van der Waals surface area contributed by atoms with Crippen LogP contribution in [0.2, 0.25) is 0 Å². The normalized spacial score (nSPS) is 14.4. The summed E-state index contributed by atoms with van der Waals surface area (Å²) in [6, 6.07) is 12.3. The van der Waals surface area contributed by atoms with Crippen LogP contribution >= 0.6 is 0 Å². The zero-order valence-corrected chi connectivity index (χ0v) is 20.1. The van der Waals surface area contributed by atoms with Gasteiger partial charge in [-0.1, -0.05) is 6.07 Å². The van der Waals surface area contributed by atoms with Gasteiger partial charge in [0.25, 0.3) is 5.91 Å². The second kappa shape index (κ2) is 8.99. The molecule has 0 radical (unpaired) electrons. The summed E-state index contributed by atoms with van der Waals surface area (Å²) in [6.45, 7) is 6.80. The van der Waals surface area contributed by atoms with Crippen molar-refractivity contribution in [3.63, 3.8) is 0 Å². The Balaban J connectivity index is 1.68. The number of nitrogens with one attached hydrogen (secondary N) is 1. The van der Waals surface area contributed by atoms with Crippen molar-refractivity contribution >= 4 is 21.7 Å². The number of aryl methyl sites for hydroxylation is 3. The van der Waals surface area contributed by atoms with Crippen molar-refractivity contribution < 1.29 is 17.9 Å². The first kappa shape index (κ1) is 23.0. The molecule has 3 aromatic rings. The number of sulfonamides is 1. The van der Waals surface area contributed by atoms with Crippen molar-refractivity contribution in [1.29, 1.82) is 0 Å². The molecule has 0 saturated carbocycles. The molecule has 1 aliphatic rings. The number of rotatable bonds is 6. The van der Waals surface area contributed by atoms with E-state index in [1.807, 2.05) is 32.9 Å². The minimum Gasteiger partial charge on any atom is -0.495 e. The number of hydrogen-bond donors (Lipinski definition) is 1. The Kier molecular flexibility index (Phi) is 6.27. The minimum atomic E-state index is -3.76. The number of carbonyl (C=O) groups is 1. The highest BCUT2D eigenvalue weighted by atomic mass is 32.2. The molecule has 1 fully saturated rings. The van der Waals surface area contributed by atoms with Crippen LogP contribution in [0, 0.1) is 20.8 Å². The van der Waals surface area contributed by atoms with Crippen LogP contribution in [0.4, 0.5) is 5.82 Å². The molecule has 0 bridgehead atoms. The molecule has 1 aliphatic heterocycles. The van der Waals surface area contributed by atoms with Gasteiger partial charge in [-0.05, 0) is 75.1 Å². The Morgan fingerprint density at radius 3 is 2.30 bits per heavy atom. The highest BCUT2D eigenvalue weighted by molar-refractivity contribution is 7.89. The first-order chi connectivity index (χ1) is 15.7. The van der Waals surface area contributed by atoms with Gasteiger partial charge in [0.15, 0.2) is 0 Å². The van der Waals surface area contributed by atoms with Gasteiger partial charge < -0.3 is 10.1 Å². The molecule has 0 aliphatic carbocycles. The van der Waals surface area contributed by atoms with Crippen molar-refractivity contribution in [2.24, 2.45) is 0 Å². The summed E-state index contributed by atoms with van der Waals surface area (Å²) < 4.78 is 34.7. The molecule has 0 atom stereocenters. The number of ether oxygens (including phenoxy) is 1. The predicted molar refractivity (Wildman–Crippen MR) is 127 cm³/mol. The summed E-state index contributed by atoms with van der Waals surface area (Å²) in [5.41, 5.74) is 3.98. The van der Waals surface area contributed by atoms with E-state index in [0.717, 1.165) is 35.3 Å². The molecule has 2 aromatic carbocycles. The van der Waals surface area contributed by atoms with Gasteiger partial charge in [-0.15, -0.1) is 0 Å².